The number of hydrogen-bond acceptors (Lipinski definition) is 6. The Morgan fingerprint density at radius 1 is 0.154 bits per heavy atom. The summed E-state index contributed by atoms with van der Waals surface area (Å²) in [6, 6.07) is 129. The van der Waals surface area contributed by atoms with Gasteiger partial charge in [-0.15, -0.1) is 0 Å². The van der Waals surface area contributed by atoms with Crippen molar-refractivity contribution in [3.8, 4) is 135 Å². The lowest BCUT2D eigenvalue weighted by Gasteiger charge is -2.13. The smallest absolute Gasteiger partial charge is 0.160 e. The van der Waals surface area contributed by atoms with Gasteiger partial charge < -0.3 is 0 Å². The summed E-state index contributed by atoms with van der Waals surface area (Å²) in [4.78, 5) is 29.2. The van der Waals surface area contributed by atoms with Crippen LogP contribution in [0.4, 0.5) is 0 Å². The number of aromatic nitrogens is 6. The summed E-state index contributed by atoms with van der Waals surface area (Å²) in [5.74, 6) is 1.38. The van der Waals surface area contributed by atoms with Crippen molar-refractivity contribution in [3.05, 3.63) is 389 Å². The minimum Gasteiger partial charge on any atom is -0.264 e. The van der Waals surface area contributed by atoms with Crippen LogP contribution >= 0.6 is 0 Å². The second-order valence-corrected chi connectivity index (χ2v) is 26.1. The molecule has 104 heavy (non-hydrogen) atoms. The summed E-state index contributed by atoms with van der Waals surface area (Å²) in [6.07, 6.45) is 7.37. The predicted molar refractivity (Wildman–Crippen MR) is 432 cm³/mol. The van der Waals surface area contributed by atoms with E-state index >= 15 is 0 Å². The van der Waals surface area contributed by atoms with Crippen LogP contribution < -0.4 is 0 Å². The fourth-order valence-electron chi connectivity index (χ4n) is 14.4. The molecule has 0 bridgehead atoms. The van der Waals surface area contributed by atoms with Crippen LogP contribution in [0.25, 0.3) is 188 Å². The Kier molecular flexibility index (Phi) is 16.6. The zero-order valence-electron chi connectivity index (χ0n) is 56.6. The van der Waals surface area contributed by atoms with Crippen molar-refractivity contribution >= 4 is 53.9 Å². The van der Waals surface area contributed by atoms with Crippen molar-refractivity contribution in [2.45, 2.75) is 0 Å². The Balaban J connectivity index is 0.000000149. The van der Waals surface area contributed by atoms with Gasteiger partial charge >= 0.3 is 0 Å². The van der Waals surface area contributed by atoms with Crippen LogP contribution in [0.15, 0.2) is 389 Å². The molecule has 19 aromatic rings. The first-order valence-electron chi connectivity index (χ1n) is 35.1. The van der Waals surface area contributed by atoms with E-state index < -0.39 is 0 Å². The maximum Gasteiger partial charge on any atom is 0.160 e. The van der Waals surface area contributed by atoms with E-state index in [1.807, 2.05) is 36.7 Å². The SMILES string of the molecule is c1ccc(-c2ccc(-c3cc(-c4ccc(-c5cccnc5)cc4)nc(-c4ccc(-c5cc6ccccc6c6ccccc56)cc4)n3)cc2)cc1.c1ccc(-c2ccc(-c3cc(-c4ccc(-c5cccnc5)cc4)nc(-c4ccc(-c5ccc6c7ccccc7c7ccccc7c6c5)cc4)n3)cc2)cc1. The topological polar surface area (TPSA) is 77.3 Å². The Hall–Kier alpha value is -13.9. The third kappa shape index (κ3) is 12.5. The number of fused-ring (bicyclic) bond motifs is 9. The Labute approximate surface area is 603 Å². The molecule has 0 spiro atoms. The van der Waals surface area contributed by atoms with Gasteiger partial charge in [-0.3, -0.25) is 9.97 Å². The van der Waals surface area contributed by atoms with Gasteiger partial charge in [0.1, 0.15) is 0 Å². The fourth-order valence-corrected chi connectivity index (χ4v) is 14.4. The van der Waals surface area contributed by atoms with Gasteiger partial charge in [-0.05, 0) is 157 Å². The van der Waals surface area contributed by atoms with Gasteiger partial charge in [0.05, 0.1) is 22.8 Å². The van der Waals surface area contributed by atoms with Gasteiger partial charge in [-0.1, -0.05) is 328 Å². The molecule has 6 heteroatoms. The highest BCUT2D eigenvalue weighted by molar-refractivity contribution is 6.26. The van der Waals surface area contributed by atoms with Crippen LogP contribution in [-0.2, 0) is 0 Å². The van der Waals surface area contributed by atoms with Crippen molar-refractivity contribution in [1.82, 2.24) is 29.9 Å². The molecular weight excluding hydrogens is 1260 g/mol. The van der Waals surface area contributed by atoms with E-state index in [1.165, 1.54) is 87.2 Å². The molecule has 4 heterocycles. The number of rotatable bonds is 12. The Bertz CT molecular complexity index is 6080. The van der Waals surface area contributed by atoms with E-state index in [9.17, 15) is 0 Å². The van der Waals surface area contributed by atoms with Crippen LogP contribution in [0.1, 0.15) is 0 Å². The van der Waals surface area contributed by atoms with Crippen molar-refractivity contribution in [2.75, 3.05) is 0 Å². The van der Waals surface area contributed by atoms with Gasteiger partial charge in [-0.25, -0.2) is 19.9 Å². The van der Waals surface area contributed by atoms with Crippen molar-refractivity contribution in [3.63, 3.8) is 0 Å². The molecule has 0 fully saturated rings. The van der Waals surface area contributed by atoms with Crippen LogP contribution in [0.5, 0.6) is 0 Å². The predicted octanol–water partition coefficient (Wildman–Crippen LogP) is 25.5. The molecule has 6 nitrogen and oxygen atoms in total. The van der Waals surface area contributed by atoms with Crippen LogP contribution in [0.2, 0.25) is 0 Å². The minimum atomic E-state index is 0.688. The van der Waals surface area contributed by atoms with E-state index in [0.29, 0.717) is 11.6 Å². The third-order valence-electron chi connectivity index (χ3n) is 19.8. The second-order valence-electron chi connectivity index (χ2n) is 26.1. The van der Waals surface area contributed by atoms with E-state index in [4.69, 9.17) is 19.9 Å². The quantitative estimate of drug-likeness (QED) is 0.113. The second kappa shape index (κ2) is 27.6. The molecule has 19 rings (SSSR count). The standard InChI is InChI=1S/C51H33N3.C47H31N3/c1-2-9-34(10-3-1)35-16-22-38(23-17-35)49-32-50(39-24-18-37(19-25-39)42-11-8-30-52-33-42)54-51(53-49)40-26-20-36(21-27-40)41-28-29-47-45-14-5-4-12-43(45)44-13-6-7-15-46(44)48(47)31-41;1-2-9-32(10-3-1)33-16-22-36(23-17-33)45-30-46(37-24-18-34(19-25-37)40-12-8-28-48-31-40)50-47(49-45)38-26-20-35(21-27-38)44-29-39-11-4-5-13-41(39)42-14-6-7-15-43(42)44/h1-33H;1-31H. The highest BCUT2D eigenvalue weighted by Crippen LogP contribution is 2.41. The van der Waals surface area contributed by atoms with E-state index in [1.54, 1.807) is 12.4 Å². The third-order valence-corrected chi connectivity index (χ3v) is 19.8. The molecule has 0 amide bonds. The molecule has 486 valence electrons. The molecule has 0 atom stereocenters. The lowest BCUT2D eigenvalue weighted by Crippen LogP contribution is -1.96. The molecule has 15 aromatic carbocycles. The number of nitrogens with zero attached hydrogens (tertiary/aromatic N) is 6. The summed E-state index contributed by atoms with van der Waals surface area (Å²) in [5, 5.41) is 12.7. The van der Waals surface area contributed by atoms with E-state index in [-0.39, 0.29) is 0 Å². The van der Waals surface area contributed by atoms with Gasteiger partial charge in [0.15, 0.2) is 11.6 Å². The van der Waals surface area contributed by atoms with E-state index in [0.717, 1.165) is 89.5 Å². The summed E-state index contributed by atoms with van der Waals surface area (Å²) < 4.78 is 0. The highest BCUT2D eigenvalue weighted by Gasteiger charge is 2.17. The van der Waals surface area contributed by atoms with Crippen LogP contribution in [0.3, 0.4) is 0 Å². The minimum absolute atomic E-state index is 0.688. The highest BCUT2D eigenvalue weighted by atomic mass is 14.9. The van der Waals surface area contributed by atoms with Crippen molar-refractivity contribution in [1.29, 1.82) is 0 Å². The van der Waals surface area contributed by atoms with Crippen LogP contribution in [-0.4, -0.2) is 29.9 Å². The summed E-state index contributed by atoms with van der Waals surface area (Å²) in [7, 11) is 0. The maximum absolute atomic E-state index is 5.15. The zero-order chi connectivity index (χ0) is 69.1. The van der Waals surface area contributed by atoms with Gasteiger partial charge in [0.25, 0.3) is 0 Å². The van der Waals surface area contributed by atoms with Gasteiger partial charge in [-0.2, -0.15) is 0 Å². The first-order chi connectivity index (χ1) is 51.5. The Morgan fingerprint density at radius 2 is 0.433 bits per heavy atom. The molecule has 0 N–H and O–H groups in total. The average molecular weight is 1330 g/mol. The maximum atomic E-state index is 5.15. The molecule has 0 aliphatic carbocycles. The Morgan fingerprint density at radius 3 is 0.837 bits per heavy atom. The van der Waals surface area contributed by atoms with Crippen LogP contribution in [0, 0.1) is 0 Å². The number of pyridine rings is 2. The monoisotopic (exact) mass is 1320 g/mol. The molecule has 0 aliphatic rings. The molecular formula is C98H64N6. The first-order valence-corrected chi connectivity index (χ1v) is 35.1. The summed E-state index contributed by atoms with van der Waals surface area (Å²) in [5.41, 5.74) is 23.4. The summed E-state index contributed by atoms with van der Waals surface area (Å²) in [6.45, 7) is 0. The number of benzene rings is 15. The van der Waals surface area contributed by atoms with Crippen molar-refractivity contribution in [2.24, 2.45) is 0 Å². The zero-order valence-corrected chi connectivity index (χ0v) is 56.6. The van der Waals surface area contributed by atoms with Gasteiger partial charge in [0.2, 0.25) is 0 Å². The molecule has 0 radical (unpaired) electrons. The van der Waals surface area contributed by atoms with E-state index in [2.05, 4.69) is 350 Å². The largest absolute Gasteiger partial charge is 0.264 e. The fraction of sp³-hybridized carbons (Fsp3) is 0. The lowest BCUT2D eigenvalue weighted by atomic mass is 9.92. The average Bonchev–Trinajstić information content (AvgIpc) is 0.745. The molecule has 0 saturated heterocycles. The number of hydrogen-bond donors (Lipinski definition) is 0. The normalized spacial score (nSPS) is 11.3. The molecule has 0 aliphatic heterocycles. The molecule has 4 aromatic heterocycles. The molecule has 0 unspecified atom stereocenters. The lowest BCUT2D eigenvalue weighted by molar-refractivity contribution is 1.18. The molecule has 0 saturated carbocycles. The summed E-state index contributed by atoms with van der Waals surface area (Å²) >= 11 is 0. The van der Waals surface area contributed by atoms with Gasteiger partial charge in [0, 0.05) is 58.2 Å². The first kappa shape index (κ1) is 62.3. The van der Waals surface area contributed by atoms with Crippen molar-refractivity contribution < 1.29 is 0 Å².